The Morgan fingerprint density at radius 1 is 1.33 bits per heavy atom. The van der Waals surface area contributed by atoms with Crippen molar-refractivity contribution in [2.24, 2.45) is 0 Å². The van der Waals surface area contributed by atoms with Crippen molar-refractivity contribution in [1.29, 1.82) is 0 Å². The van der Waals surface area contributed by atoms with Gasteiger partial charge in [-0.05, 0) is 26.0 Å². The first-order valence-corrected chi connectivity index (χ1v) is 5.72. The number of carbonyl (C=O) groups is 2. The van der Waals surface area contributed by atoms with Gasteiger partial charge in [0, 0.05) is 12.7 Å². The minimum atomic E-state index is -0.966. The third-order valence-electron chi connectivity index (χ3n) is 2.76. The minimum absolute atomic E-state index is 0.211. The quantitative estimate of drug-likeness (QED) is 0.818. The van der Waals surface area contributed by atoms with Crippen molar-refractivity contribution in [3.8, 4) is 0 Å². The molecular weight excluding hydrogens is 232 g/mol. The molecule has 0 fully saturated rings. The number of amides is 1. The standard InChI is InChI=1S/C13H18N2O3/c1-9-4-6-11(7-5-9)15(8-12(16)17)10(2)13(18)14-3/h4-7,10H,8H2,1-3H3,(H,14,18)(H,16,17). The molecule has 1 aromatic carbocycles. The lowest BCUT2D eigenvalue weighted by Gasteiger charge is -2.28. The summed E-state index contributed by atoms with van der Waals surface area (Å²) in [6, 6.07) is 6.88. The van der Waals surface area contributed by atoms with Crippen LogP contribution in [0.15, 0.2) is 24.3 Å². The van der Waals surface area contributed by atoms with E-state index in [4.69, 9.17) is 5.11 Å². The average molecular weight is 250 g/mol. The largest absolute Gasteiger partial charge is 0.480 e. The number of rotatable bonds is 5. The summed E-state index contributed by atoms with van der Waals surface area (Å²) in [7, 11) is 1.53. The Hall–Kier alpha value is -2.04. The fourth-order valence-corrected chi connectivity index (χ4v) is 1.68. The first-order valence-electron chi connectivity index (χ1n) is 5.72. The lowest BCUT2D eigenvalue weighted by molar-refractivity contribution is -0.135. The molecule has 1 amide bonds. The summed E-state index contributed by atoms with van der Waals surface area (Å²) in [6.07, 6.45) is 0. The SMILES string of the molecule is CNC(=O)C(C)N(CC(=O)O)c1ccc(C)cc1. The van der Waals surface area contributed by atoms with Crippen LogP contribution in [0.2, 0.25) is 0 Å². The van der Waals surface area contributed by atoms with Crippen LogP contribution >= 0.6 is 0 Å². The van der Waals surface area contributed by atoms with Gasteiger partial charge in [-0.1, -0.05) is 17.7 Å². The highest BCUT2D eigenvalue weighted by Crippen LogP contribution is 2.17. The van der Waals surface area contributed by atoms with Crippen molar-refractivity contribution in [3.05, 3.63) is 29.8 Å². The van der Waals surface area contributed by atoms with Crippen LogP contribution in [-0.2, 0) is 9.59 Å². The minimum Gasteiger partial charge on any atom is -0.480 e. The van der Waals surface area contributed by atoms with Gasteiger partial charge in [0.25, 0.3) is 0 Å². The summed E-state index contributed by atoms with van der Waals surface area (Å²) in [6.45, 7) is 3.42. The van der Waals surface area contributed by atoms with Gasteiger partial charge in [0.05, 0.1) is 0 Å². The molecule has 0 bridgehead atoms. The van der Waals surface area contributed by atoms with E-state index in [0.29, 0.717) is 0 Å². The van der Waals surface area contributed by atoms with Gasteiger partial charge < -0.3 is 15.3 Å². The Labute approximate surface area is 106 Å². The number of hydrogen-bond acceptors (Lipinski definition) is 3. The maximum atomic E-state index is 11.6. The van der Waals surface area contributed by atoms with Crippen LogP contribution in [0, 0.1) is 6.92 Å². The van der Waals surface area contributed by atoms with E-state index in [1.54, 1.807) is 11.8 Å². The number of hydrogen-bond donors (Lipinski definition) is 2. The number of carboxylic acid groups (broad SMARTS) is 1. The van der Waals surface area contributed by atoms with Crippen molar-refractivity contribution in [1.82, 2.24) is 5.32 Å². The van der Waals surface area contributed by atoms with Crippen LogP contribution in [0.3, 0.4) is 0 Å². The smallest absolute Gasteiger partial charge is 0.323 e. The molecule has 0 saturated heterocycles. The third-order valence-corrected chi connectivity index (χ3v) is 2.76. The van der Waals surface area contributed by atoms with E-state index in [1.807, 2.05) is 31.2 Å². The fraction of sp³-hybridized carbons (Fsp3) is 0.385. The molecule has 1 aromatic rings. The average Bonchev–Trinajstić information content (AvgIpc) is 2.35. The molecule has 98 valence electrons. The monoisotopic (exact) mass is 250 g/mol. The number of anilines is 1. The normalized spacial score (nSPS) is 11.7. The lowest BCUT2D eigenvalue weighted by Crippen LogP contribution is -2.46. The Morgan fingerprint density at radius 3 is 2.33 bits per heavy atom. The van der Waals surface area contributed by atoms with Gasteiger partial charge in [0.1, 0.15) is 12.6 Å². The summed E-state index contributed by atoms with van der Waals surface area (Å²) in [5.74, 6) is -1.18. The number of likely N-dealkylation sites (N-methyl/N-ethyl adjacent to an activating group) is 1. The number of aliphatic carboxylic acids is 1. The summed E-state index contributed by atoms with van der Waals surface area (Å²) in [5, 5.41) is 11.5. The Bertz CT molecular complexity index is 428. The highest BCUT2D eigenvalue weighted by atomic mass is 16.4. The number of benzene rings is 1. The molecule has 0 aliphatic rings. The number of nitrogens with one attached hydrogen (secondary N) is 1. The Kier molecular flexibility index (Phi) is 4.71. The van der Waals surface area contributed by atoms with E-state index >= 15 is 0 Å². The first-order chi connectivity index (χ1) is 8.45. The fourth-order valence-electron chi connectivity index (χ4n) is 1.68. The van der Waals surface area contributed by atoms with E-state index in [-0.39, 0.29) is 12.5 Å². The van der Waals surface area contributed by atoms with Crippen LogP contribution in [0.1, 0.15) is 12.5 Å². The van der Waals surface area contributed by atoms with Gasteiger partial charge in [-0.15, -0.1) is 0 Å². The summed E-state index contributed by atoms with van der Waals surface area (Å²) in [4.78, 5) is 24.1. The van der Waals surface area contributed by atoms with E-state index in [1.165, 1.54) is 7.05 Å². The molecule has 1 atom stereocenters. The van der Waals surface area contributed by atoms with Crippen molar-refractivity contribution in [3.63, 3.8) is 0 Å². The summed E-state index contributed by atoms with van der Waals surface area (Å²) < 4.78 is 0. The number of nitrogens with zero attached hydrogens (tertiary/aromatic N) is 1. The zero-order valence-corrected chi connectivity index (χ0v) is 10.8. The molecule has 5 heteroatoms. The molecule has 1 rings (SSSR count). The topological polar surface area (TPSA) is 69.6 Å². The van der Waals surface area contributed by atoms with Crippen molar-refractivity contribution >= 4 is 17.6 Å². The van der Waals surface area contributed by atoms with Crippen molar-refractivity contribution in [2.45, 2.75) is 19.9 Å². The highest BCUT2D eigenvalue weighted by molar-refractivity contribution is 5.86. The molecule has 1 unspecified atom stereocenters. The van der Waals surface area contributed by atoms with Gasteiger partial charge in [0.15, 0.2) is 0 Å². The maximum Gasteiger partial charge on any atom is 0.323 e. The van der Waals surface area contributed by atoms with Gasteiger partial charge in [-0.2, -0.15) is 0 Å². The summed E-state index contributed by atoms with van der Waals surface area (Å²) >= 11 is 0. The second-order valence-electron chi connectivity index (χ2n) is 4.15. The molecule has 0 saturated carbocycles. The van der Waals surface area contributed by atoms with E-state index in [0.717, 1.165) is 11.3 Å². The van der Waals surface area contributed by atoms with E-state index in [9.17, 15) is 9.59 Å². The van der Waals surface area contributed by atoms with Crippen LogP contribution in [0.25, 0.3) is 0 Å². The van der Waals surface area contributed by atoms with E-state index < -0.39 is 12.0 Å². The Morgan fingerprint density at radius 2 is 1.89 bits per heavy atom. The summed E-state index contributed by atoms with van der Waals surface area (Å²) in [5.41, 5.74) is 1.81. The lowest BCUT2D eigenvalue weighted by atomic mass is 10.1. The second-order valence-corrected chi connectivity index (χ2v) is 4.15. The number of aryl methyl sites for hydroxylation is 1. The molecular formula is C13H18N2O3. The van der Waals surface area contributed by atoms with Crippen LogP contribution in [0.5, 0.6) is 0 Å². The van der Waals surface area contributed by atoms with Gasteiger partial charge in [-0.25, -0.2) is 0 Å². The van der Waals surface area contributed by atoms with Crippen LogP contribution in [-0.4, -0.2) is 36.6 Å². The van der Waals surface area contributed by atoms with Crippen molar-refractivity contribution < 1.29 is 14.7 Å². The molecule has 0 aliphatic heterocycles. The van der Waals surface area contributed by atoms with Gasteiger partial charge in [-0.3, -0.25) is 9.59 Å². The highest BCUT2D eigenvalue weighted by Gasteiger charge is 2.22. The van der Waals surface area contributed by atoms with Gasteiger partial charge >= 0.3 is 5.97 Å². The maximum absolute atomic E-state index is 11.6. The van der Waals surface area contributed by atoms with Crippen LogP contribution < -0.4 is 10.2 Å². The molecule has 2 N–H and O–H groups in total. The number of carbonyl (C=O) groups excluding carboxylic acids is 1. The molecule has 0 heterocycles. The zero-order chi connectivity index (χ0) is 13.7. The molecule has 5 nitrogen and oxygen atoms in total. The van der Waals surface area contributed by atoms with E-state index in [2.05, 4.69) is 5.32 Å². The molecule has 0 aliphatic carbocycles. The molecule has 0 spiro atoms. The predicted octanol–water partition coefficient (Wildman–Crippen LogP) is 1.02. The van der Waals surface area contributed by atoms with Crippen LogP contribution in [0.4, 0.5) is 5.69 Å². The Balaban J connectivity index is 3.00. The van der Waals surface area contributed by atoms with Gasteiger partial charge in [0.2, 0.25) is 5.91 Å². The zero-order valence-electron chi connectivity index (χ0n) is 10.8. The predicted molar refractivity (Wildman–Crippen MR) is 69.7 cm³/mol. The first kappa shape index (κ1) is 14.0. The van der Waals surface area contributed by atoms with Crippen molar-refractivity contribution in [2.75, 3.05) is 18.5 Å². The number of carboxylic acids is 1. The molecule has 18 heavy (non-hydrogen) atoms. The third kappa shape index (κ3) is 3.48. The molecule has 0 radical (unpaired) electrons. The molecule has 0 aromatic heterocycles. The second kappa shape index (κ2) is 6.05.